The summed E-state index contributed by atoms with van der Waals surface area (Å²) in [5.41, 5.74) is 7.06. The third kappa shape index (κ3) is 2.38. The van der Waals surface area contributed by atoms with Gasteiger partial charge in [-0.1, -0.05) is 24.6 Å². The molecule has 3 rings (SSSR count). The van der Waals surface area contributed by atoms with E-state index in [-0.39, 0.29) is 6.10 Å². The molecule has 1 aromatic carbocycles. The van der Waals surface area contributed by atoms with Gasteiger partial charge in [-0.3, -0.25) is 0 Å². The van der Waals surface area contributed by atoms with E-state index in [0.29, 0.717) is 18.6 Å². The van der Waals surface area contributed by atoms with Gasteiger partial charge in [0.05, 0.1) is 12.7 Å². The summed E-state index contributed by atoms with van der Waals surface area (Å²) in [6.45, 7) is 1.44. The Balaban J connectivity index is 1.51. The highest BCUT2D eigenvalue weighted by molar-refractivity contribution is 5.37. The smallest absolute Gasteiger partial charge is 0.126 e. The van der Waals surface area contributed by atoms with E-state index in [1.165, 1.54) is 18.4 Å². The molecule has 18 heavy (non-hydrogen) atoms. The van der Waals surface area contributed by atoms with Crippen LogP contribution in [0.1, 0.15) is 24.8 Å². The predicted molar refractivity (Wildman–Crippen MR) is 70.7 cm³/mol. The van der Waals surface area contributed by atoms with E-state index >= 15 is 0 Å². The largest absolute Gasteiger partial charge is 0.487 e. The van der Waals surface area contributed by atoms with Crippen LogP contribution in [0.3, 0.4) is 0 Å². The maximum Gasteiger partial charge on any atom is 0.126 e. The van der Waals surface area contributed by atoms with Crippen molar-refractivity contribution in [3.05, 3.63) is 29.8 Å². The summed E-state index contributed by atoms with van der Waals surface area (Å²) in [7, 11) is 0. The second kappa shape index (κ2) is 5.29. The summed E-state index contributed by atoms with van der Waals surface area (Å²) in [5.74, 6) is 1.57. The Hall–Kier alpha value is -1.06. The molecule has 0 radical (unpaired) electrons. The first-order valence-electron chi connectivity index (χ1n) is 6.93. The van der Waals surface area contributed by atoms with Gasteiger partial charge in [-0.25, -0.2) is 0 Å². The number of para-hydroxylation sites is 1. The highest BCUT2D eigenvalue weighted by Gasteiger charge is 2.29. The minimum absolute atomic E-state index is 0.182. The molecule has 3 nitrogen and oxygen atoms in total. The van der Waals surface area contributed by atoms with Gasteiger partial charge in [-0.2, -0.15) is 0 Å². The van der Waals surface area contributed by atoms with Crippen LogP contribution in [-0.2, 0) is 11.2 Å². The van der Waals surface area contributed by atoms with Crippen molar-refractivity contribution in [2.75, 3.05) is 13.2 Å². The topological polar surface area (TPSA) is 44.5 Å². The molecular formula is C15H21NO2. The predicted octanol–water partition coefficient (Wildman–Crippen LogP) is 2.13. The SMILES string of the molecule is NCC1CCCC1OCC1Cc2ccccc2O1. The van der Waals surface area contributed by atoms with E-state index in [1.807, 2.05) is 12.1 Å². The molecule has 1 aromatic rings. The number of hydrogen-bond donors (Lipinski definition) is 1. The molecule has 3 unspecified atom stereocenters. The van der Waals surface area contributed by atoms with Gasteiger partial charge < -0.3 is 15.2 Å². The summed E-state index contributed by atoms with van der Waals surface area (Å²) in [6.07, 6.45) is 5.12. The molecule has 2 N–H and O–H groups in total. The van der Waals surface area contributed by atoms with Gasteiger partial charge >= 0.3 is 0 Å². The number of rotatable bonds is 4. The number of ether oxygens (including phenoxy) is 2. The average Bonchev–Trinajstić information content (AvgIpc) is 3.01. The van der Waals surface area contributed by atoms with E-state index in [4.69, 9.17) is 15.2 Å². The van der Waals surface area contributed by atoms with E-state index in [1.54, 1.807) is 0 Å². The van der Waals surface area contributed by atoms with Crippen molar-refractivity contribution < 1.29 is 9.47 Å². The number of benzene rings is 1. The molecule has 0 aromatic heterocycles. The van der Waals surface area contributed by atoms with Gasteiger partial charge in [0.2, 0.25) is 0 Å². The second-order valence-electron chi connectivity index (χ2n) is 5.35. The molecule has 0 bridgehead atoms. The molecule has 0 spiro atoms. The molecule has 0 amide bonds. The monoisotopic (exact) mass is 247 g/mol. The fourth-order valence-corrected chi connectivity index (χ4v) is 3.07. The molecule has 1 saturated carbocycles. The van der Waals surface area contributed by atoms with Gasteiger partial charge in [-0.05, 0) is 36.9 Å². The number of hydrogen-bond acceptors (Lipinski definition) is 3. The molecule has 1 heterocycles. The van der Waals surface area contributed by atoms with Gasteiger partial charge in [0, 0.05) is 6.42 Å². The molecule has 98 valence electrons. The molecule has 0 saturated heterocycles. The third-order valence-corrected chi connectivity index (χ3v) is 4.10. The van der Waals surface area contributed by atoms with Gasteiger partial charge in [0.1, 0.15) is 11.9 Å². The maximum atomic E-state index is 6.02. The van der Waals surface area contributed by atoms with Crippen LogP contribution in [0.15, 0.2) is 24.3 Å². The lowest BCUT2D eigenvalue weighted by atomic mass is 10.1. The lowest BCUT2D eigenvalue weighted by Crippen LogP contribution is -2.30. The summed E-state index contributed by atoms with van der Waals surface area (Å²) in [5, 5.41) is 0. The highest BCUT2D eigenvalue weighted by atomic mass is 16.5. The van der Waals surface area contributed by atoms with E-state index in [0.717, 1.165) is 25.1 Å². The second-order valence-corrected chi connectivity index (χ2v) is 5.35. The number of nitrogens with two attached hydrogens (primary N) is 1. The minimum atomic E-state index is 0.182. The molecule has 1 aliphatic heterocycles. The Kier molecular flexibility index (Phi) is 3.52. The first kappa shape index (κ1) is 12.0. The zero-order valence-corrected chi connectivity index (χ0v) is 10.7. The van der Waals surface area contributed by atoms with Crippen LogP contribution >= 0.6 is 0 Å². The van der Waals surface area contributed by atoms with E-state index in [2.05, 4.69) is 12.1 Å². The highest BCUT2D eigenvalue weighted by Crippen LogP contribution is 2.31. The quantitative estimate of drug-likeness (QED) is 0.886. The lowest BCUT2D eigenvalue weighted by molar-refractivity contribution is -0.00943. The molecular weight excluding hydrogens is 226 g/mol. The van der Waals surface area contributed by atoms with E-state index in [9.17, 15) is 0 Å². The average molecular weight is 247 g/mol. The van der Waals surface area contributed by atoms with Gasteiger partial charge in [-0.15, -0.1) is 0 Å². The Labute approximate surface area is 108 Å². The van der Waals surface area contributed by atoms with Crippen molar-refractivity contribution in [2.45, 2.75) is 37.9 Å². The summed E-state index contributed by atoms with van der Waals surface area (Å²) < 4.78 is 11.9. The maximum absolute atomic E-state index is 6.02. The van der Waals surface area contributed by atoms with Crippen molar-refractivity contribution in [1.29, 1.82) is 0 Å². The third-order valence-electron chi connectivity index (χ3n) is 4.10. The van der Waals surface area contributed by atoms with Crippen LogP contribution < -0.4 is 10.5 Å². The summed E-state index contributed by atoms with van der Waals surface area (Å²) in [6, 6.07) is 8.25. The van der Waals surface area contributed by atoms with Gasteiger partial charge in [0.15, 0.2) is 0 Å². The van der Waals surface area contributed by atoms with Crippen molar-refractivity contribution in [3.63, 3.8) is 0 Å². The Bertz CT molecular complexity index is 382. The lowest BCUT2D eigenvalue weighted by Gasteiger charge is -2.20. The normalized spacial score (nSPS) is 30.2. The first-order chi connectivity index (χ1) is 8.86. The van der Waals surface area contributed by atoms with Crippen LogP contribution in [-0.4, -0.2) is 25.4 Å². The van der Waals surface area contributed by atoms with Crippen LogP contribution in [0, 0.1) is 5.92 Å². The first-order valence-corrected chi connectivity index (χ1v) is 6.93. The van der Waals surface area contributed by atoms with Crippen molar-refractivity contribution in [3.8, 4) is 5.75 Å². The minimum Gasteiger partial charge on any atom is -0.487 e. The van der Waals surface area contributed by atoms with Crippen molar-refractivity contribution in [1.82, 2.24) is 0 Å². The van der Waals surface area contributed by atoms with Crippen LogP contribution in [0.25, 0.3) is 0 Å². The molecule has 3 heteroatoms. The summed E-state index contributed by atoms with van der Waals surface area (Å²) >= 11 is 0. The van der Waals surface area contributed by atoms with E-state index < -0.39 is 0 Å². The molecule has 1 aliphatic carbocycles. The zero-order chi connectivity index (χ0) is 12.4. The Morgan fingerprint density at radius 2 is 2.17 bits per heavy atom. The Morgan fingerprint density at radius 1 is 1.28 bits per heavy atom. The van der Waals surface area contributed by atoms with Crippen LogP contribution in [0.5, 0.6) is 5.75 Å². The molecule has 1 fully saturated rings. The summed E-state index contributed by atoms with van der Waals surface area (Å²) in [4.78, 5) is 0. The number of fused-ring (bicyclic) bond motifs is 1. The standard InChI is InChI=1S/C15H21NO2/c16-9-12-5-3-7-14(12)17-10-13-8-11-4-1-2-6-15(11)18-13/h1-2,4,6,12-14H,3,5,7-10,16H2. The van der Waals surface area contributed by atoms with Crippen molar-refractivity contribution in [2.24, 2.45) is 11.7 Å². The fraction of sp³-hybridized carbons (Fsp3) is 0.600. The molecule has 3 atom stereocenters. The van der Waals surface area contributed by atoms with Crippen molar-refractivity contribution >= 4 is 0 Å². The van der Waals surface area contributed by atoms with Crippen LogP contribution in [0.4, 0.5) is 0 Å². The Morgan fingerprint density at radius 3 is 3.00 bits per heavy atom. The van der Waals surface area contributed by atoms with Gasteiger partial charge in [0.25, 0.3) is 0 Å². The van der Waals surface area contributed by atoms with Crippen LogP contribution in [0.2, 0.25) is 0 Å². The zero-order valence-electron chi connectivity index (χ0n) is 10.7. The molecule has 2 aliphatic rings. The fourth-order valence-electron chi connectivity index (χ4n) is 3.07.